The molecule has 1 aromatic carbocycles. The molecule has 3 N–H and O–H groups in total. The summed E-state index contributed by atoms with van der Waals surface area (Å²) in [5, 5.41) is 3.17. The van der Waals surface area contributed by atoms with E-state index >= 15 is 0 Å². The molecule has 0 radical (unpaired) electrons. The van der Waals surface area contributed by atoms with E-state index in [0.29, 0.717) is 0 Å². The van der Waals surface area contributed by atoms with Crippen LogP contribution >= 0.6 is 0 Å². The lowest BCUT2D eigenvalue weighted by Crippen LogP contribution is -2.15. The average molecular weight is 193 g/mol. The van der Waals surface area contributed by atoms with Gasteiger partial charge in [0.15, 0.2) is 0 Å². The predicted molar refractivity (Wildman–Crippen MR) is 62.7 cm³/mol. The molecule has 0 atom stereocenters. The highest BCUT2D eigenvalue weighted by Gasteiger charge is 2.01. The molecule has 0 aliphatic rings. The summed E-state index contributed by atoms with van der Waals surface area (Å²) in [7, 11) is 6.08. The Kier molecular flexibility index (Phi) is 3.77. The fourth-order valence-electron chi connectivity index (χ4n) is 1.41. The standard InChI is InChI=1S/C11H19N3/c1-13-11-5-4-10(12)8-9(11)6-7-14(2)3/h4-5,8,13H,6-7,12H2,1-3H3. The Labute approximate surface area is 85.9 Å². The van der Waals surface area contributed by atoms with Gasteiger partial charge in [-0.3, -0.25) is 0 Å². The van der Waals surface area contributed by atoms with Crippen LogP contribution in [0.25, 0.3) is 0 Å². The van der Waals surface area contributed by atoms with Gasteiger partial charge in [-0.2, -0.15) is 0 Å². The van der Waals surface area contributed by atoms with Gasteiger partial charge in [0.05, 0.1) is 0 Å². The second-order valence-corrected chi connectivity index (χ2v) is 3.72. The van der Waals surface area contributed by atoms with Gasteiger partial charge in [0, 0.05) is 25.0 Å². The van der Waals surface area contributed by atoms with Gasteiger partial charge in [-0.15, -0.1) is 0 Å². The highest BCUT2D eigenvalue weighted by molar-refractivity contribution is 5.57. The van der Waals surface area contributed by atoms with Gasteiger partial charge >= 0.3 is 0 Å². The van der Waals surface area contributed by atoms with E-state index < -0.39 is 0 Å². The van der Waals surface area contributed by atoms with Gasteiger partial charge in [0.2, 0.25) is 0 Å². The average Bonchev–Trinajstić information content (AvgIpc) is 2.15. The number of nitrogens with two attached hydrogens (primary N) is 1. The van der Waals surface area contributed by atoms with Gasteiger partial charge < -0.3 is 16.0 Å². The third-order valence-electron chi connectivity index (χ3n) is 2.23. The van der Waals surface area contributed by atoms with Crippen molar-refractivity contribution in [3.8, 4) is 0 Å². The lowest BCUT2D eigenvalue weighted by atomic mass is 10.1. The van der Waals surface area contributed by atoms with Crippen LogP contribution in [0.3, 0.4) is 0 Å². The molecule has 3 nitrogen and oxygen atoms in total. The molecule has 14 heavy (non-hydrogen) atoms. The highest BCUT2D eigenvalue weighted by Crippen LogP contribution is 2.18. The minimum Gasteiger partial charge on any atom is -0.399 e. The Bertz CT molecular complexity index is 295. The van der Waals surface area contributed by atoms with E-state index in [1.807, 2.05) is 25.2 Å². The molecule has 0 bridgehead atoms. The maximum absolute atomic E-state index is 5.75. The SMILES string of the molecule is CNc1ccc(N)cc1CCN(C)C. The minimum atomic E-state index is 0.831. The number of nitrogens with zero attached hydrogens (tertiary/aromatic N) is 1. The molecular weight excluding hydrogens is 174 g/mol. The number of benzene rings is 1. The second kappa shape index (κ2) is 4.86. The first-order valence-corrected chi connectivity index (χ1v) is 4.84. The predicted octanol–water partition coefficient (Wildman–Crippen LogP) is 1.41. The van der Waals surface area contributed by atoms with Crippen LogP contribution in [0, 0.1) is 0 Å². The van der Waals surface area contributed by atoms with Crippen molar-refractivity contribution < 1.29 is 0 Å². The topological polar surface area (TPSA) is 41.3 Å². The fourth-order valence-corrected chi connectivity index (χ4v) is 1.41. The number of rotatable bonds is 4. The molecule has 0 heterocycles. The van der Waals surface area contributed by atoms with Crippen molar-refractivity contribution in [1.82, 2.24) is 4.90 Å². The molecule has 0 amide bonds. The zero-order valence-electron chi connectivity index (χ0n) is 9.17. The van der Waals surface area contributed by atoms with E-state index in [4.69, 9.17) is 5.73 Å². The third-order valence-corrected chi connectivity index (χ3v) is 2.23. The minimum absolute atomic E-state index is 0.831. The Balaban J connectivity index is 2.77. The smallest absolute Gasteiger partial charge is 0.0372 e. The summed E-state index contributed by atoms with van der Waals surface area (Å²) in [5.74, 6) is 0. The maximum atomic E-state index is 5.75. The molecule has 0 aliphatic carbocycles. The van der Waals surface area contributed by atoms with Crippen LogP contribution in [0.1, 0.15) is 5.56 Å². The first kappa shape index (κ1) is 10.9. The molecule has 0 saturated heterocycles. The van der Waals surface area contributed by atoms with Crippen LogP contribution in [0.2, 0.25) is 0 Å². The van der Waals surface area contributed by atoms with Crippen molar-refractivity contribution in [2.45, 2.75) is 6.42 Å². The zero-order chi connectivity index (χ0) is 10.6. The van der Waals surface area contributed by atoms with Crippen LogP contribution in [0.15, 0.2) is 18.2 Å². The number of nitrogen functional groups attached to an aromatic ring is 1. The highest BCUT2D eigenvalue weighted by atomic mass is 15.0. The van der Waals surface area contributed by atoms with E-state index in [1.165, 1.54) is 11.3 Å². The van der Waals surface area contributed by atoms with Crippen molar-refractivity contribution in [3.05, 3.63) is 23.8 Å². The van der Waals surface area contributed by atoms with E-state index in [0.717, 1.165) is 18.7 Å². The summed E-state index contributed by atoms with van der Waals surface area (Å²) >= 11 is 0. The van der Waals surface area contributed by atoms with Crippen molar-refractivity contribution in [2.24, 2.45) is 0 Å². The lowest BCUT2D eigenvalue weighted by Gasteiger charge is -2.13. The fraction of sp³-hybridized carbons (Fsp3) is 0.455. The van der Waals surface area contributed by atoms with Gasteiger partial charge in [-0.25, -0.2) is 0 Å². The van der Waals surface area contributed by atoms with Crippen LogP contribution in [0.4, 0.5) is 11.4 Å². The Morgan fingerprint density at radius 3 is 2.64 bits per heavy atom. The number of anilines is 2. The van der Waals surface area contributed by atoms with Gasteiger partial charge in [-0.05, 0) is 44.3 Å². The van der Waals surface area contributed by atoms with Crippen molar-refractivity contribution in [3.63, 3.8) is 0 Å². The van der Waals surface area contributed by atoms with Crippen molar-refractivity contribution in [2.75, 3.05) is 38.7 Å². The zero-order valence-corrected chi connectivity index (χ0v) is 9.17. The summed E-state index contributed by atoms with van der Waals surface area (Å²) < 4.78 is 0. The molecule has 0 unspecified atom stereocenters. The summed E-state index contributed by atoms with van der Waals surface area (Å²) in [4.78, 5) is 2.17. The summed E-state index contributed by atoms with van der Waals surface area (Å²) in [6.07, 6.45) is 1.02. The van der Waals surface area contributed by atoms with E-state index in [1.54, 1.807) is 0 Å². The Hall–Kier alpha value is -1.22. The molecular formula is C11H19N3. The first-order chi connectivity index (χ1) is 6.63. The van der Waals surface area contributed by atoms with E-state index in [9.17, 15) is 0 Å². The van der Waals surface area contributed by atoms with Crippen LogP contribution < -0.4 is 11.1 Å². The second-order valence-electron chi connectivity index (χ2n) is 3.72. The molecule has 1 rings (SSSR count). The summed E-state index contributed by atoms with van der Waals surface area (Å²) in [6.45, 7) is 1.04. The van der Waals surface area contributed by atoms with Crippen LogP contribution in [0.5, 0.6) is 0 Å². The lowest BCUT2D eigenvalue weighted by molar-refractivity contribution is 0.414. The quantitative estimate of drug-likeness (QED) is 0.710. The molecule has 0 fully saturated rings. The number of likely N-dealkylation sites (N-methyl/N-ethyl adjacent to an activating group) is 1. The molecule has 3 heteroatoms. The van der Waals surface area contributed by atoms with Gasteiger partial charge in [0.1, 0.15) is 0 Å². The van der Waals surface area contributed by atoms with Crippen molar-refractivity contribution >= 4 is 11.4 Å². The first-order valence-electron chi connectivity index (χ1n) is 4.84. The largest absolute Gasteiger partial charge is 0.399 e. The molecule has 0 saturated carbocycles. The number of hydrogen-bond donors (Lipinski definition) is 2. The number of hydrogen-bond acceptors (Lipinski definition) is 3. The van der Waals surface area contributed by atoms with E-state index in [2.05, 4.69) is 24.3 Å². The molecule has 1 aromatic rings. The molecule has 0 spiro atoms. The Morgan fingerprint density at radius 2 is 2.07 bits per heavy atom. The molecule has 78 valence electrons. The molecule has 0 aromatic heterocycles. The normalized spacial score (nSPS) is 10.6. The van der Waals surface area contributed by atoms with E-state index in [-0.39, 0.29) is 0 Å². The van der Waals surface area contributed by atoms with Gasteiger partial charge in [-0.1, -0.05) is 0 Å². The van der Waals surface area contributed by atoms with Gasteiger partial charge in [0.25, 0.3) is 0 Å². The van der Waals surface area contributed by atoms with Crippen molar-refractivity contribution in [1.29, 1.82) is 0 Å². The third kappa shape index (κ3) is 2.92. The summed E-state index contributed by atoms with van der Waals surface area (Å²) in [5.41, 5.74) is 9.02. The van der Waals surface area contributed by atoms with Crippen LogP contribution in [-0.4, -0.2) is 32.6 Å². The molecule has 0 aliphatic heterocycles. The monoisotopic (exact) mass is 193 g/mol. The van der Waals surface area contributed by atoms with Crippen LogP contribution in [-0.2, 0) is 6.42 Å². The summed E-state index contributed by atoms with van der Waals surface area (Å²) in [6, 6.07) is 5.99. The number of nitrogens with one attached hydrogen (secondary N) is 1. The maximum Gasteiger partial charge on any atom is 0.0372 e. The Morgan fingerprint density at radius 1 is 1.36 bits per heavy atom.